The summed E-state index contributed by atoms with van der Waals surface area (Å²) in [6.07, 6.45) is -0.292. The van der Waals surface area contributed by atoms with E-state index in [0.29, 0.717) is 0 Å². The Morgan fingerprint density at radius 3 is 1.89 bits per heavy atom. The lowest BCUT2D eigenvalue weighted by atomic mass is 10.0. The Hall–Kier alpha value is -2.34. The van der Waals surface area contributed by atoms with Gasteiger partial charge in [0.05, 0.1) is 12.5 Å². The number of rotatable bonds is 12. The summed E-state index contributed by atoms with van der Waals surface area (Å²) in [5, 5.41) is 16.1. The molecule has 0 aromatic rings. The molecule has 0 aliphatic carbocycles. The second-order valence-corrected chi connectivity index (χ2v) is 7.15. The van der Waals surface area contributed by atoms with Crippen molar-refractivity contribution in [2.75, 3.05) is 5.75 Å². The van der Waals surface area contributed by atoms with Gasteiger partial charge in [0.1, 0.15) is 18.1 Å². The number of amides is 4. The maximum Gasteiger partial charge on any atom is 0.326 e. The molecule has 0 bridgehead atoms. The third-order valence-electron chi connectivity index (χ3n) is 3.65. The normalized spacial score (nSPS) is 15.1. The summed E-state index contributed by atoms with van der Waals surface area (Å²) < 4.78 is 0. The van der Waals surface area contributed by atoms with Crippen LogP contribution in [0.1, 0.15) is 33.6 Å². The second kappa shape index (κ2) is 12.2. The first-order chi connectivity index (χ1) is 12.9. The Kier molecular flexibility index (Phi) is 11.2. The molecule has 0 saturated carbocycles. The van der Waals surface area contributed by atoms with Crippen molar-refractivity contribution in [3.05, 3.63) is 0 Å². The fraction of sp³-hybridized carbons (Fsp3) is 0.688. The Morgan fingerprint density at radius 2 is 1.46 bits per heavy atom. The number of carboxylic acids is 1. The molecule has 0 rings (SSSR count). The predicted molar refractivity (Wildman–Crippen MR) is 104 cm³/mol. The summed E-state index contributed by atoms with van der Waals surface area (Å²) in [5.41, 5.74) is 10.6. The summed E-state index contributed by atoms with van der Waals surface area (Å²) in [6, 6.07) is -4.56. The summed E-state index contributed by atoms with van der Waals surface area (Å²) >= 11 is 3.87. The Labute approximate surface area is 168 Å². The molecule has 8 N–H and O–H groups in total. The molecule has 12 heteroatoms. The number of carbonyl (C=O) groups excluding carboxylic acids is 4. The van der Waals surface area contributed by atoms with Crippen LogP contribution in [0.25, 0.3) is 0 Å². The average Bonchev–Trinajstić information content (AvgIpc) is 2.58. The van der Waals surface area contributed by atoms with Gasteiger partial charge in [0.25, 0.3) is 0 Å². The van der Waals surface area contributed by atoms with Crippen molar-refractivity contribution in [2.24, 2.45) is 17.4 Å². The van der Waals surface area contributed by atoms with Gasteiger partial charge in [0.2, 0.25) is 23.6 Å². The van der Waals surface area contributed by atoms with E-state index in [1.54, 1.807) is 13.8 Å². The fourth-order valence-electron chi connectivity index (χ4n) is 2.14. The minimum absolute atomic E-state index is 0.0159. The van der Waals surface area contributed by atoms with E-state index in [4.69, 9.17) is 11.5 Å². The molecule has 0 saturated heterocycles. The van der Waals surface area contributed by atoms with E-state index < -0.39 is 60.2 Å². The van der Waals surface area contributed by atoms with Crippen molar-refractivity contribution in [3.8, 4) is 0 Å². The van der Waals surface area contributed by atoms with Crippen molar-refractivity contribution in [2.45, 2.75) is 57.8 Å². The van der Waals surface area contributed by atoms with Crippen LogP contribution >= 0.6 is 12.6 Å². The van der Waals surface area contributed by atoms with Crippen LogP contribution in [0.2, 0.25) is 0 Å². The maximum atomic E-state index is 12.3. The maximum absolute atomic E-state index is 12.3. The minimum Gasteiger partial charge on any atom is -0.480 e. The zero-order valence-corrected chi connectivity index (χ0v) is 17.0. The minimum atomic E-state index is -1.34. The van der Waals surface area contributed by atoms with Gasteiger partial charge < -0.3 is 32.5 Å². The summed E-state index contributed by atoms with van der Waals surface area (Å²) in [7, 11) is 0. The highest BCUT2D eigenvalue weighted by Crippen LogP contribution is 2.05. The summed E-state index contributed by atoms with van der Waals surface area (Å²) in [5.74, 6) is -4.27. The largest absolute Gasteiger partial charge is 0.480 e. The van der Waals surface area contributed by atoms with Gasteiger partial charge in [-0.3, -0.25) is 19.2 Å². The van der Waals surface area contributed by atoms with E-state index in [0.717, 1.165) is 0 Å². The Morgan fingerprint density at radius 1 is 0.929 bits per heavy atom. The molecule has 0 radical (unpaired) electrons. The van der Waals surface area contributed by atoms with Crippen LogP contribution in [0, 0.1) is 5.92 Å². The number of carbonyl (C=O) groups is 5. The molecule has 4 unspecified atom stereocenters. The average molecular weight is 420 g/mol. The van der Waals surface area contributed by atoms with Gasteiger partial charge >= 0.3 is 5.97 Å². The van der Waals surface area contributed by atoms with Gasteiger partial charge in [0, 0.05) is 5.75 Å². The molecular formula is C16H29N5O6S. The van der Waals surface area contributed by atoms with Crippen LogP contribution in [-0.2, 0) is 24.0 Å². The zero-order valence-electron chi connectivity index (χ0n) is 16.1. The highest BCUT2D eigenvalue weighted by Gasteiger charge is 2.29. The standard InChI is InChI=1S/C16H29N5O6S/c1-7(2)4-11(16(26)27)21-13(23)8(3)19-15(25)10(5-12(18)22)20-14(24)9(17)6-28/h7-11,28H,4-6,17H2,1-3H3,(H2,18,22)(H,19,25)(H,20,24)(H,21,23)(H,26,27). The molecule has 0 aliphatic heterocycles. The van der Waals surface area contributed by atoms with Crippen LogP contribution in [-0.4, -0.2) is 64.6 Å². The van der Waals surface area contributed by atoms with Crippen LogP contribution in [0.4, 0.5) is 0 Å². The topological polar surface area (TPSA) is 194 Å². The first-order valence-electron chi connectivity index (χ1n) is 8.67. The highest BCUT2D eigenvalue weighted by molar-refractivity contribution is 7.80. The molecule has 4 amide bonds. The van der Waals surface area contributed by atoms with Gasteiger partial charge in [-0.25, -0.2) is 4.79 Å². The molecule has 0 aliphatic rings. The predicted octanol–water partition coefficient (Wildman–Crippen LogP) is -2.28. The Bertz CT molecular complexity index is 600. The van der Waals surface area contributed by atoms with Crippen molar-refractivity contribution in [3.63, 3.8) is 0 Å². The van der Waals surface area contributed by atoms with Crippen LogP contribution in [0.5, 0.6) is 0 Å². The number of nitrogens with two attached hydrogens (primary N) is 2. The molecule has 160 valence electrons. The van der Waals surface area contributed by atoms with Crippen molar-refractivity contribution >= 4 is 42.2 Å². The van der Waals surface area contributed by atoms with Crippen molar-refractivity contribution in [1.82, 2.24) is 16.0 Å². The molecule has 11 nitrogen and oxygen atoms in total. The molecule has 4 atom stereocenters. The zero-order chi connectivity index (χ0) is 22.0. The number of carboxylic acid groups (broad SMARTS) is 1. The molecular weight excluding hydrogens is 390 g/mol. The van der Waals surface area contributed by atoms with E-state index in [2.05, 4.69) is 28.6 Å². The number of primary amides is 1. The van der Waals surface area contributed by atoms with Crippen molar-refractivity contribution in [1.29, 1.82) is 0 Å². The second-order valence-electron chi connectivity index (χ2n) is 6.78. The van der Waals surface area contributed by atoms with Gasteiger partial charge in [0.15, 0.2) is 0 Å². The monoisotopic (exact) mass is 419 g/mol. The van der Waals surface area contributed by atoms with E-state index in [1.807, 2.05) is 0 Å². The smallest absolute Gasteiger partial charge is 0.326 e. The fourth-order valence-corrected chi connectivity index (χ4v) is 2.31. The van der Waals surface area contributed by atoms with Crippen molar-refractivity contribution < 1.29 is 29.1 Å². The number of aliphatic carboxylic acids is 1. The van der Waals surface area contributed by atoms with Crippen LogP contribution < -0.4 is 27.4 Å². The van der Waals surface area contributed by atoms with Gasteiger partial charge in [-0.1, -0.05) is 13.8 Å². The summed E-state index contributed by atoms with van der Waals surface area (Å²) in [6.45, 7) is 4.95. The van der Waals surface area contributed by atoms with E-state index in [1.165, 1.54) is 6.92 Å². The molecule has 0 aromatic heterocycles. The van der Waals surface area contributed by atoms with Gasteiger partial charge in [-0.2, -0.15) is 12.6 Å². The molecule has 0 spiro atoms. The van der Waals surface area contributed by atoms with Gasteiger partial charge in [-0.15, -0.1) is 0 Å². The molecule has 28 heavy (non-hydrogen) atoms. The quantitative estimate of drug-likeness (QED) is 0.173. The number of thiol groups is 1. The third-order valence-corrected chi connectivity index (χ3v) is 4.04. The van der Waals surface area contributed by atoms with Crippen LogP contribution in [0.15, 0.2) is 0 Å². The van der Waals surface area contributed by atoms with Crippen LogP contribution in [0.3, 0.4) is 0 Å². The first kappa shape index (κ1) is 25.7. The molecule has 0 fully saturated rings. The SMILES string of the molecule is CC(C)CC(NC(=O)C(C)NC(=O)C(CC(N)=O)NC(=O)C(N)CS)C(=O)O. The molecule has 0 heterocycles. The number of hydrogen-bond acceptors (Lipinski definition) is 7. The number of hydrogen-bond donors (Lipinski definition) is 7. The lowest BCUT2D eigenvalue weighted by molar-refractivity contribution is -0.142. The lowest BCUT2D eigenvalue weighted by Crippen LogP contribution is -2.57. The highest BCUT2D eigenvalue weighted by atomic mass is 32.1. The molecule has 0 aromatic carbocycles. The number of nitrogens with one attached hydrogen (secondary N) is 3. The van der Waals surface area contributed by atoms with E-state index in [-0.39, 0.29) is 18.1 Å². The lowest BCUT2D eigenvalue weighted by Gasteiger charge is -2.23. The Balaban J connectivity index is 5.02. The van der Waals surface area contributed by atoms with E-state index >= 15 is 0 Å². The first-order valence-corrected chi connectivity index (χ1v) is 9.30. The third kappa shape index (κ3) is 9.55. The van der Waals surface area contributed by atoms with E-state index in [9.17, 15) is 29.1 Å². The summed E-state index contributed by atoms with van der Waals surface area (Å²) in [4.78, 5) is 58.8. The van der Waals surface area contributed by atoms with Gasteiger partial charge in [-0.05, 0) is 19.3 Å².